The summed E-state index contributed by atoms with van der Waals surface area (Å²) in [6, 6.07) is 0. The van der Waals surface area contributed by atoms with Gasteiger partial charge in [0.1, 0.15) is 6.10 Å². The van der Waals surface area contributed by atoms with E-state index in [-0.39, 0.29) is 0 Å². The molecule has 0 radical (unpaired) electrons. The highest BCUT2D eigenvalue weighted by Gasteiger charge is 2.18. The second-order valence-electron chi connectivity index (χ2n) is 2.42. The zero-order valence-corrected chi connectivity index (χ0v) is 7.82. The number of rotatable bonds is 7. The molecular formula is C8H19NO3. The van der Waals surface area contributed by atoms with Crippen LogP contribution in [0.3, 0.4) is 0 Å². The normalized spacial score (nSPS) is 13.8. The Kier molecular flexibility index (Phi) is 7.39. The molecule has 12 heavy (non-hydrogen) atoms. The number of ether oxygens (including phenoxy) is 2. The largest absolute Gasteiger partial charge is 0.388 e. The van der Waals surface area contributed by atoms with Crippen molar-refractivity contribution in [3.8, 4) is 0 Å². The van der Waals surface area contributed by atoms with E-state index in [9.17, 15) is 5.11 Å². The Hall–Kier alpha value is -0.160. The molecule has 0 aromatic heterocycles. The molecule has 0 aliphatic rings. The molecule has 3 N–H and O–H groups in total. The van der Waals surface area contributed by atoms with Crippen LogP contribution in [-0.4, -0.2) is 37.3 Å². The van der Waals surface area contributed by atoms with Crippen LogP contribution >= 0.6 is 0 Å². The highest BCUT2D eigenvalue weighted by atomic mass is 16.7. The molecule has 0 fully saturated rings. The molecule has 4 heteroatoms. The van der Waals surface area contributed by atoms with Crippen LogP contribution in [0.5, 0.6) is 0 Å². The van der Waals surface area contributed by atoms with Gasteiger partial charge in [-0.3, -0.25) is 0 Å². The molecule has 0 aliphatic carbocycles. The zero-order chi connectivity index (χ0) is 9.40. The Labute approximate surface area is 73.7 Å². The molecule has 0 amide bonds. The van der Waals surface area contributed by atoms with Crippen LogP contribution in [0.4, 0.5) is 0 Å². The van der Waals surface area contributed by atoms with Gasteiger partial charge in [0.2, 0.25) is 0 Å². The van der Waals surface area contributed by atoms with Gasteiger partial charge in [0.15, 0.2) is 6.29 Å². The lowest BCUT2D eigenvalue weighted by Crippen LogP contribution is -2.33. The fraction of sp³-hybridized carbons (Fsp3) is 1.00. The summed E-state index contributed by atoms with van der Waals surface area (Å²) in [6.45, 7) is 5.23. The Morgan fingerprint density at radius 1 is 1.25 bits per heavy atom. The molecule has 0 heterocycles. The van der Waals surface area contributed by atoms with Crippen molar-refractivity contribution in [2.24, 2.45) is 5.73 Å². The van der Waals surface area contributed by atoms with Crippen molar-refractivity contribution in [3.63, 3.8) is 0 Å². The maximum absolute atomic E-state index is 9.44. The quantitative estimate of drug-likeness (QED) is 0.541. The van der Waals surface area contributed by atoms with Gasteiger partial charge >= 0.3 is 0 Å². The van der Waals surface area contributed by atoms with E-state index in [1.54, 1.807) is 0 Å². The fourth-order valence-corrected chi connectivity index (χ4v) is 0.906. The smallest absolute Gasteiger partial charge is 0.183 e. The van der Waals surface area contributed by atoms with Gasteiger partial charge < -0.3 is 20.3 Å². The summed E-state index contributed by atoms with van der Waals surface area (Å²) < 4.78 is 10.3. The van der Waals surface area contributed by atoms with E-state index in [0.717, 1.165) is 0 Å². The SMILES string of the molecule is CCOC(OCC)[C@H](O)CCN. The van der Waals surface area contributed by atoms with E-state index in [4.69, 9.17) is 15.2 Å². The first-order chi connectivity index (χ1) is 5.76. The van der Waals surface area contributed by atoms with Crippen molar-refractivity contribution in [1.29, 1.82) is 0 Å². The minimum Gasteiger partial charge on any atom is -0.388 e. The molecule has 0 bridgehead atoms. The third-order valence-corrected chi connectivity index (χ3v) is 1.44. The average Bonchev–Trinajstić information content (AvgIpc) is 2.04. The predicted molar refractivity (Wildman–Crippen MR) is 46.7 cm³/mol. The van der Waals surface area contributed by atoms with E-state index in [2.05, 4.69) is 0 Å². The lowest BCUT2D eigenvalue weighted by Gasteiger charge is -2.21. The van der Waals surface area contributed by atoms with Gasteiger partial charge in [0, 0.05) is 13.2 Å². The van der Waals surface area contributed by atoms with Gasteiger partial charge in [-0.05, 0) is 26.8 Å². The van der Waals surface area contributed by atoms with Gasteiger partial charge in [-0.2, -0.15) is 0 Å². The molecule has 0 unspecified atom stereocenters. The van der Waals surface area contributed by atoms with Gasteiger partial charge in [-0.25, -0.2) is 0 Å². The first kappa shape index (κ1) is 11.8. The lowest BCUT2D eigenvalue weighted by molar-refractivity contribution is -0.190. The maximum Gasteiger partial charge on any atom is 0.183 e. The number of hydrogen-bond donors (Lipinski definition) is 2. The van der Waals surface area contributed by atoms with Crippen LogP contribution in [0.1, 0.15) is 20.3 Å². The summed E-state index contributed by atoms with van der Waals surface area (Å²) >= 11 is 0. The van der Waals surface area contributed by atoms with Crippen molar-refractivity contribution in [1.82, 2.24) is 0 Å². The Morgan fingerprint density at radius 3 is 2.08 bits per heavy atom. The van der Waals surface area contributed by atoms with E-state index in [0.29, 0.717) is 26.2 Å². The van der Waals surface area contributed by atoms with Crippen molar-refractivity contribution in [3.05, 3.63) is 0 Å². The average molecular weight is 177 g/mol. The zero-order valence-electron chi connectivity index (χ0n) is 7.82. The van der Waals surface area contributed by atoms with Gasteiger partial charge in [0.25, 0.3) is 0 Å². The summed E-state index contributed by atoms with van der Waals surface area (Å²) in [5, 5.41) is 9.44. The molecule has 0 aliphatic heterocycles. The van der Waals surface area contributed by atoms with Gasteiger partial charge in [-0.15, -0.1) is 0 Å². The standard InChI is InChI=1S/C8H19NO3/c1-3-11-8(12-4-2)7(10)5-6-9/h7-8,10H,3-6,9H2,1-2H3/t7-/m1/s1. The van der Waals surface area contributed by atoms with E-state index >= 15 is 0 Å². The van der Waals surface area contributed by atoms with Gasteiger partial charge in [0.05, 0.1) is 0 Å². The van der Waals surface area contributed by atoms with Crippen molar-refractivity contribution in [2.45, 2.75) is 32.7 Å². The minimum absolute atomic E-state index is 0.442. The molecule has 0 aromatic rings. The van der Waals surface area contributed by atoms with Crippen LogP contribution in [-0.2, 0) is 9.47 Å². The molecule has 74 valence electrons. The topological polar surface area (TPSA) is 64.7 Å². The highest BCUT2D eigenvalue weighted by molar-refractivity contribution is 4.60. The fourth-order valence-electron chi connectivity index (χ4n) is 0.906. The molecule has 1 atom stereocenters. The van der Waals surface area contributed by atoms with Crippen molar-refractivity contribution >= 4 is 0 Å². The second-order valence-corrected chi connectivity index (χ2v) is 2.42. The van der Waals surface area contributed by atoms with Crippen LogP contribution in [0.25, 0.3) is 0 Å². The second kappa shape index (κ2) is 7.49. The molecule has 0 saturated carbocycles. The Bertz CT molecular complexity index is 94.3. The molecule has 0 saturated heterocycles. The van der Waals surface area contributed by atoms with E-state index in [1.165, 1.54) is 0 Å². The third-order valence-electron chi connectivity index (χ3n) is 1.44. The summed E-state index contributed by atoms with van der Waals surface area (Å²) in [6.07, 6.45) is -0.636. The molecule has 0 spiro atoms. The third kappa shape index (κ3) is 4.66. The molecule has 0 rings (SSSR count). The number of hydrogen-bond acceptors (Lipinski definition) is 4. The molecular weight excluding hydrogens is 158 g/mol. The van der Waals surface area contributed by atoms with Crippen LogP contribution in [0, 0.1) is 0 Å². The summed E-state index contributed by atoms with van der Waals surface area (Å²) in [5.41, 5.74) is 5.29. The molecule has 4 nitrogen and oxygen atoms in total. The predicted octanol–water partition coefficient (Wildman–Crippen LogP) is 0.0952. The molecule has 0 aromatic carbocycles. The van der Waals surface area contributed by atoms with Crippen molar-refractivity contribution in [2.75, 3.05) is 19.8 Å². The highest BCUT2D eigenvalue weighted by Crippen LogP contribution is 2.04. The van der Waals surface area contributed by atoms with E-state index < -0.39 is 12.4 Å². The number of aliphatic hydroxyl groups excluding tert-OH is 1. The van der Waals surface area contributed by atoms with Crippen LogP contribution in [0.15, 0.2) is 0 Å². The van der Waals surface area contributed by atoms with Crippen LogP contribution < -0.4 is 5.73 Å². The number of nitrogens with two attached hydrogens (primary N) is 1. The monoisotopic (exact) mass is 177 g/mol. The first-order valence-corrected chi connectivity index (χ1v) is 4.37. The summed E-state index contributed by atoms with van der Waals surface area (Å²) in [7, 11) is 0. The lowest BCUT2D eigenvalue weighted by atomic mass is 10.2. The van der Waals surface area contributed by atoms with E-state index in [1.807, 2.05) is 13.8 Å². The van der Waals surface area contributed by atoms with Gasteiger partial charge in [-0.1, -0.05) is 0 Å². The summed E-state index contributed by atoms with van der Waals surface area (Å²) in [4.78, 5) is 0. The number of aliphatic hydroxyl groups is 1. The summed E-state index contributed by atoms with van der Waals surface area (Å²) in [5.74, 6) is 0. The Morgan fingerprint density at radius 2 is 1.75 bits per heavy atom. The Balaban J connectivity index is 3.72. The first-order valence-electron chi connectivity index (χ1n) is 4.37. The minimum atomic E-state index is -0.616. The van der Waals surface area contributed by atoms with Crippen molar-refractivity contribution < 1.29 is 14.6 Å². The van der Waals surface area contributed by atoms with Crippen LogP contribution in [0.2, 0.25) is 0 Å². The maximum atomic E-state index is 9.44.